The molecule has 0 aliphatic rings. The number of methoxy groups -OCH3 is 1. The van der Waals surface area contributed by atoms with Gasteiger partial charge in [0.2, 0.25) is 0 Å². The standard InChI is InChI=1S/C18H16FN2O3.C6H11O2.C2H3NO3S.2Li/c1-13(22)21-12-20-10-15-7-16(19)9-18(8-15)24-11-14-3-5-17(23-2)6-4-14;1-6(2,3)8-5-4-7;1-2(4)3-7(5)6;;/h3-8H,1,10-11H2,2H3,(H,20,21,22);4,7H,1-3H3;1H2,(H,3,4,5,6);;/q-3;-1;-2;2*+1. The van der Waals surface area contributed by atoms with Crippen molar-refractivity contribution >= 4 is 29.0 Å². The number of carbonyl (C=O) groups excluding carboxylic acids is 2. The molecule has 216 valence electrons. The molecule has 11 nitrogen and oxygen atoms in total. The fourth-order valence-corrected chi connectivity index (χ4v) is 2.35. The second-order valence-corrected chi connectivity index (χ2v) is 8.70. The number of nitrogens with zero attached hydrogens (tertiary/aromatic N) is 1. The number of hydrogen-bond donors (Lipinski definition) is 3. The van der Waals surface area contributed by atoms with Crippen molar-refractivity contribution in [1.82, 2.24) is 10.0 Å². The fourth-order valence-electron chi connectivity index (χ4n) is 2.16. The van der Waals surface area contributed by atoms with Crippen LogP contribution in [0, 0.1) is 32.0 Å². The van der Waals surface area contributed by atoms with Gasteiger partial charge < -0.3 is 66.2 Å². The molecule has 0 atom stereocenters. The summed E-state index contributed by atoms with van der Waals surface area (Å²) < 4.78 is 49.4. The van der Waals surface area contributed by atoms with E-state index < -0.39 is 28.5 Å². The van der Waals surface area contributed by atoms with Crippen LogP contribution < -0.4 is 57.2 Å². The molecule has 0 aliphatic heterocycles. The maximum absolute atomic E-state index is 13.6. The van der Waals surface area contributed by atoms with Crippen LogP contribution >= 0.6 is 0 Å². The number of halogens is 1. The molecule has 2 amide bonds. The van der Waals surface area contributed by atoms with Crippen LogP contribution in [0.2, 0.25) is 0 Å². The Bertz CT molecular complexity index is 1160. The minimum Gasteiger partial charge on any atom is -0.686 e. The smallest absolute Gasteiger partial charge is 0.686 e. The van der Waals surface area contributed by atoms with E-state index in [-0.39, 0.29) is 62.2 Å². The topological polar surface area (TPSA) is 153 Å². The maximum atomic E-state index is 13.6. The first-order valence-corrected chi connectivity index (χ1v) is 12.0. The molecule has 0 bridgehead atoms. The van der Waals surface area contributed by atoms with E-state index in [4.69, 9.17) is 19.3 Å². The number of hydrogen-bond acceptors (Lipinski definition) is 9. The van der Waals surface area contributed by atoms with Crippen LogP contribution in [-0.4, -0.2) is 36.0 Å². The van der Waals surface area contributed by atoms with Crippen molar-refractivity contribution < 1.29 is 79.4 Å². The SMILES string of the molecule is CC(C)(C)O[C-]=CO.[CH2-]C(=O)N=[C-]NCc1cc(F)[c-]c(OCc2ccc(OC)cc2)c1.[CH2-]C(=O)N[S-](=O)=O.[Li+].[Li+]. The van der Waals surface area contributed by atoms with Gasteiger partial charge >= 0.3 is 37.7 Å². The minimum atomic E-state index is -2.51. The molecule has 0 saturated heterocycles. The van der Waals surface area contributed by atoms with Crippen LogP contribution in [0.15, 0.2) is 47.7 Å². The normalized spacial score (nSPS) is 10.1. The van der Waals surface area contributed by atoms with E-state index in [1.54, 1.807) is 13.2 Å². The number of amides is 2. The summed E-state index contributed by atoms with van der Waals surface area (Å²) in [5.41, 5.74) is 1.27. The van der Waals surface area contributed by atoms with Crippen LogP contribution in [0.4, 0.5) is 4.39 Å². The first-order chi connectivity index (χ1) is 18.2. The fraction of sp³-hybridized carbons (Fsp3) is 0.269. The van der Waals surface area contributed by atoms with Gasteiger partial charge in [-0.3, -0.25) is 6.26 Å². The summed E-state index contributed by atoms with van der Waals surface area (Å²) in [4.78, 5) is 23.5. The van der Waals surface area contributed by atoms with E-state index in [0.717, 1.165) is 17.6 Å². The Kier molecular flexibility index (Phi) is 24.2. The zero-order valence-corrected chi connectivity index (χ0v) is 24.7. The van der Waals surface area contributed by atoms with E-state index in [9.17, 15) is 22.4 Å². The second kappa shape index (κ2) is 23.5. The number of nitrogens with one attached hydrogen (secondary N) is 2. The van der Waals surface area contributed by atoms with Crippen LogP contribution in [0.3, 0.4) is 0 Å². The molecule has 0 saturated carbocycles. The molecule has 3 N–H and O–H groups in total. The number of benzene rings is 2. The van der Waals surface area contributed by atoms with Gasteiger partial charge in [-0.1, -0.05) is 30.6 Å². The summed E-state index contributed by atoms with van der Waals surface area (Å²) in [6, 6.07) is 12.8. The van der Waals surface area contributed by atoms with Crippen molar-refractivity contribution in [2.75, 3.05) is 7.11 Å². The molecule has 0 aromatic heterocycles. The van der Waals surface area contributed by atoms with E-state index >= 15 is 0 Å². The first kappa shape index (κ1) is 42.3. The Balaban J connectivity index is -0.000000706. The van der Waals surface area contributed by atoms with Crippen molar-refractivity contribution in [2.24, 2.45) is 4.99 Å². The van der Waals surface area contributed by atoms with Crippen molar-refractivity contribution in [2.45, 2.75) is 39.5 Å². The molecule has 2 rings (SSSR count). The Hall–Kier alpha value is -3.20. The Labute approximate surface area is 266 Å². The van der Waals surface area contributed by atoms with Gasteiger partial charge in [0.1, 0.15) is 12.4 Å². The maximum Gasteiger partial charge on any atom is 1.00 e. The number of ether oxygens (including phenoxy) is 3. The summed E-state index contributed by atoms with van der Waals surface area (Å²) in [7, 11) is -0.913. The summed E-state index contributed by atoms with van der Waals surface area (Å²) >= 11 is 0. The molecular formula is C26H30FLi2N3O8S-4. The Morgan fingerprint density at radius 3 is 2.17 bits per heavy atom. The molecule has 0 radical (unpaired) electrons. The van der Waals surface area contributed by atoms with Gasteiger partial charge in [0.05, 0.1) is 18.6 Å². The average Bonchev–Trinajstić information content (AvgIpc) is 2.83. The van der Waals surface area contributed by atoms with Crippen molar-refractivity contribution in [3.05, 3.63) is 85.8 Å². The molecule has 0 unspecified atom stereocenters. The Morgan fingerprint density at radius 2 is 1.76 bits per heavy atom. The van der Waals surface area contributed by atoms with Crippen molar-refractivity contribution in [3.63, 3.8) is 0 Å². The summed E-state index contributed by atoms with van der Waals surface area (Å²) in [5.74, 6) is -0.938. The number of rotatable bonds is 9. The predicted molar refractivity (Wildman–Crippen MR) is 141 cm³/mol. The third-order valence-electron chi connectivity index (χ3n) is 3.59. The van der Waals surface area contributed by atoms with Gasteiger partial charge in [-0.25, -0.2) is 4.39 Å². The van der Waals surface area contributed by atoms with Crippen LogP contribution in [0.5, 0.6) is 11.5 Å². The minimum absolute atomic E-state index is 0. The number of aliphatic imine (C=N–C) groups is 1. The third kappa shape index (κ3) is 25.5. The molecule has 41 heavy (non-hydrogen) atoms. The Morgan fingerprint density at radius 1 is 1.15 bits per heavy atom. The van der Waals surface area contributed by atoms with Crippen LogP contribution in [-0.2, 0) is 46.8 Å². The molecule has 0 spiro atoms. The summed E-state index contributed by atoms with van der Waals surface area (Å²) in [6.07, 6.45) is 5.29. The quantitative estimate of drug-likeness (QED) is 0.0553. The molecular weight excluding hydrogens is 547 g/mol. The predicted octanol–water partition coefficient (Wildman–Crippen LogP) is -2.63. The zero-order chi connectivity index (χ0) is 29.8. The van der Waals surface area contributed by atoms with Crippen LogP contribution in [0.25, 0.3) is 0 Å². The van der Waals surface area contributed by atoms with Gasteiger partial charge in [0.15, 0.2) is 0 Å². The number of aliphatic hydroxyl groups is 1. The average molecular weight is 577 g/mol. The van der Waals surface area contributed by atoms with Gasteiger partial charge in [-0.05, 0) is 38.5 Å². The van der Waals surface area contributed by atoms with Gasteiger partial charge in [-0.15, -0.1) is 23.8 Å². The molecule has 15 heteroatoms. The third-order valence-corrected chi connectivity index (χ3v) is 3.99. The van der Waals surface area contributed by atoms with E-state index in [1.165, 1.54) is 10.8 Å². The van der Waals surface area contributed by atoms with Gasteiger partial charge in [0.25, 0.3) is 0 Å². The van der Waals surface area contributed by atoms with Crippen molar-refractivity contribution in [1.29, 1.82) is 0 Å². The van der Waals surface area contributed by atoms with E-state index in [1.807, 2.05) is 45.0 Å². The molecule has 0 aliphatic carbocycles. The first-order valence-electron chi connectivity index (χ1n) is 10.9. The summed E-state index contributed by atoms with van der Waals surface area (Å²) in [6.45, 7) is 12.0. The van der Waals surface area contributed by atoms with Gasteiger partial charge in [-0.2, -0.15) is 0 Å². The summed E-state index contributed by atoms with van der Waals surface area (Å²) in [5, 5.41) is 10.7. The molecule has 0 fully saturated rings. The number of carbonyl (C=O) groups is 2. The monoisotopic (exact) mass is 577 g/mol. The zero-order valence-electron chi connectivity index (χ0n) is 23.9. The van der Waals surface area contributed by atoms with Crippen molar-refractivity contribution in [3.8, 4) is 11.5 Å². The van der Waals surface area contributed by atoms with E-state index in [2.05, 4.69) is 42.8 Å². The number of aliphatic hydroxyl groups excluding tert-OH is 1. The molecule has 2 aromatic carbocycles. The van der Waals surface area contributed by atoms with Gasteiger partial charge in [0, 0.05) is 29.0 Å². The largest absolute Gasteiger partial charge is 1.00 e. The molecule has 2 aromatic rings. The molecule has 0 heterocycles. The second-order valence-electron chi connectivity index (χ2n) is 8.03. The van der Waals surface area contributed by atoms with Crippen LogP contribution in [0.1, 0.15) is 31.9 Å². The van der Waals surface area contributed by atoms with E-state index in [0.29, 0.717) is 5.56 Å².